The maximum atomic E-state index is 12.4. The van der Waals surface area contributed by atoms with Crippen molar-refractivity contribution in [2.24, 2.45) is 0 Å². The summed E-state index contributed by atoms with van der Waals surface area (Å²) >= 11 is 0.588. The van der Waals surface area contributed by atoms with Gasteiger partial charge in [0, 0.05) is 6.20 Å². The standard InChI is InChI=1S/C11H10F3N3S/c1-7(8-4-2-3-5-15-8)17-10-16-6-9(18-10)11(12,13)14/h2-7H,1H3,(H,16,17). The average Bonchev–Trinajstić information content (AvgIpc) is 2.78. The van der Waals surface area contributed by atoms with Crippen LogP contribution in [0.5, 0.6) is 0 Å². The third kappa shape index (κ3) is 2.98. The summed E-state index contributed by atoms with van der Waals surface area (Å²) in [6.07, 6.45) is -1.87. The van der Waals surface area contributed by atoms with E-state index < -0.39 is 11.1 Å². The van der Waals surface area contributed by atoms with Gasteiger partial charge < -0.3 is 5.32 Å². The molecule has 2 aromatic heterocycles. The van der Waals surface area contributed by atoms with Gasteiger partial charge in [-0.2, -0.15) is 13.2 Å². The highest BCUT2D eigenvalue weighted by Gasteiger charge is 2.33. The van der Waals surface area contributed by atoms with Crippen LogP contribution in [0.3, 0.4) is 0 Å². The second kappa shape index (κ2) is 4.93. The molecule has 1 N–H and O–H groups in total. The molecule has 2 aromatic rings. The van der Waals surface area contributed by atoms with Crippen LogP contribution >= 0.6 is 11.3 Å². The lowest BCUT2D eigenvalue weighted by Crippen LogP contribution is -2.07. The highest BCUT2D eigenvalue weighted by Crippen LogP contribution is 2.35. The molecule has 0 spiro atoms. The number of hydrogen-bond acceptors (Lipinski definition) is 4. The Balaban J connectivity index is 2.08. The summed E-state index contributed by atoms with van der Waals surface area (Å²) in [7, 11) is 0. The van der Waals surface area contributed by atoms with E-state index in [2.05, 4.69) is 15.3 Å². The molecule has 0 fully saturated rings. The average molecular weight is 273 g/mol. The van der Waals surface area contributed by atoms with E-state index in [9.17, 15) is 13.2 Å². The van der Waals surface area contributed by atoms with Crippen LogP contribution in [0, 0.1) is 0 Å². The zero-order chi connectivity index (χ0) is 13.2. The van der Waals surface area contributed by atoms with Crippen LogP contribution in [0.25, 0.3) is 0 Å². The summed E-state index contributed by atoms with van der Waals surface area (Å²) in [5.41, 5.74) is 0.751. The quantitative estimate of drug-likeness (QED) is 0.926. The summed E-state index contributed by atoms with van der Waals surface area (Å²) in [4.78, 5) is 7.12. The van der Waals surface area contributed by atoms with Gasteiger partial charge in [0.15, 0.2) is 5.13 Å². The maximum Gasteiger partial charge on any atom is 0.427 e. The van der Waals surface area contributed by atoms with Gasteiger partial charge in [0.1, 0.15) is 4.88 Å². The number of hydrogen-bond donors (Lipinski definition) is 1. The Morgan fingerprint density at radius 1 is 1.28 bits per heavy atom. The molecular formula is C11H10F3N3S. The van der Waals surface area contributed by atoms with E-state index in [0.29, 0.717) is 11.3 Å². The summed E-state index contributed by atoms with van der Waals surface area (Å²) in [6.45, 7) is 1.82. The Morgan fingerprint density at radius 2 is 2.06 bits per heavy atom. The molecule has 2 rings (SSSR count). The van der Waals surface area contributed by atoms with E-state index in [0.717, 1.165) is 11.9 Å². The third-order valence-corrected chi connectivity index (χ3v) is 3.23. The second-order valence-electron chi connectivity index (χ2n) is 3.65. The fraction of sp³-hybridized carbons (Fsp3) is 0.273. The maximum absolute atomic E-state index is 12.4. The highest BCUT2D eigenvalue weighted by molar-refractivity contribution is 7.15. The predicted octanol–water partition coefficient (Wildman–Crippen LogP) is 3.73. The van der Waals surface area contributed by atoms with Gasteiger partial charge in [-0.25, -0.2) is 4.98 Å². The van der Waals surface area contributed by atoms with Crippen LogP contribution in [0.15, 0.2) is 30.6 Å². The number of rotatable bonds is 3. The van der Waals surface area contributed by atoms with Crippen LogP contribution in [0.2, 0.25) is 0 Å². The summed E-state index contributed by atoms with van der Waals surface area (Å²) in [5, 5.41) is 3.13. The molecule has 0 bridgehead atoms. The van der Waals surface area contributed by atoms with Crippen LogP contribution in [-0.4, -0.2) is 9.97 Å². The SMILES string of the molecule is CC(Nc1ncc(C(F)(F)F)s1)c1ccccn1. The predicted molar refractivity (Wildman–Crippen MR) is 63.4 cm³/mol. The van der Waals surface area contributed by atoms with Gasteiger partial charge in [-0.05, 0) is 19.1 Å². The first-order valence-electron chi connectivity index (χ1n) is 5.17. The van der Waals surface area contributed by atoms with E-state index >= 15 is 0 Å². The van der Waals surface area contributed by atoms with Crippen LogP contribution < -0.4 is 5.32 Å². The zero-order valence-electron chi connectivity index (χ0n) is 9.40. The lowest BCUT2D eigenvalue weighted by atomic mass is 10.2. The van der Waals surface area contributed by atoms with Crippen LogP contribution in [0.4, 0.5) is 18.3 Å². The number of anilines is 1. The summed E-state index contributed by atoms with van der Waals surface area (Å²) in [6, 6.07) is 5.21. The van der Waals surface area contributed by atoms with Crippen molar-refractivity contribution in [2.75, 3.05) is 5.32 Å². The van der Waals surface area contributed by atoms with Crippen molar-refractivity contribution in [1.82, 2.24) is 9.97 Å². The number of halogens is 3. The van der Waals surface area contributed by atoms with Crippen molar-refractivity contribution in [3.05, 3.63) is 41.2 Å². The van der Waals surface area contributed by atoms with Crippen molar-refractivity contribution >= 4 is 16.5 Å². The lowest BCUT2D eigenvalue weighted by Gasteiger charge is -2.11. The molecule has 7 heteroatoms. The number of aromatic nitrogens is 2. The highest BCUT2D eigenvalue weighted by atomic mass is 32.1. The minimum atomic E-state index is -4.34. The topological polar surface area (TPSA) is 37.8 Å². The zero-order valence-corrected chi connectivity index (χ0v) is 10.2. The number of nitrogens with zero attached hydrogens (tertiary/aromatic N) is 2. The molecule has 0 saturated carbocycles. The van der Waals surface area contributed by atoms with E-state index in [1.807, 2.05) is 13.0 Å². The number of thiazole rings is 1. The Hall–Kier alpha value is -1.63. The Labute approximate surface area is 106 Å². The van der Waals surface area contributed by atoms with E-state index in [1.165, 1.54) is 0 Å². The normalized spacial score (nSPS) is 13.3. The molecule has 3 nitrogen and oxygen atoms in total. The van der Waals surface area contributed by atoms with Gasteiger partial charge >= 0.3 is 6.18 Å². The molecule has 0 radical (unpaired) electrons. The Morgan fingerprint density at radius 3 is 2.61 bits per heavy atom. The van der Waals surface area contributed by atoms with Crippen molar-refractivity contribution in [3.8, 4) is 0 Å². The first kappa shape index (κ1) is 12.8. The van der Waals surface area contributed by atoms with Gasteiger partial charge in [-0.15, -0.1) is 0 Å². The molecule has 0 aliphatic heterocycles. The van der Waals surface area contributed by atoms with E-state index in [4.69, 9.17) is 0 Å². The minimum Gasteiger partial charge on any atom is -0.353 e. The molecule has 0 saturated heterocycles. The van der Waals surface area contributed by atoms with Crippen LogP contribution in [0.1, 0.15) is 23.5 Å². The summed E-state index contributed by atoms with van der Waals surface area (Å²) in [5.74, 6) is 0. The van der Waals surface area contributed by atoms with Gasteiger partial charge in [-0.3, -0.25) is 4.98 Å². The molecule has 1 unspecified atom stereocenters. The van der Waals surface area contributed by atoms with Crippen molar-refractivity contribution in [2.45, 2.75) is 19.1 Å². The number of alkyl halides is 3. The van der Waals surface area contributed by atoms with Crippen molar-refractivity contribution in [1.29, 1.82) is 0 Å². The minimum absolute atomic E-state index is 0.196. The number of nitrogens with one attached hydrogen (secondary N) is 1. The largest absolute Gasteiger partial charge is 0.427 e. The Bertz CT molecular complexity index is 510. The van der Waals surface area contributed by atoms with Crippen molar-refractivity contribution < 1.29 is 13.2 Å². The van der Waals surface area contributed by atoms with Crippen molar-refractivity contribution in [3.63, 3.8) is 0 Å². The summed E-state index contributed by atoms with van der Waals surface area (Å²) < 4.78 is 37.2. The second-order valence-corrected chi connectivity index (χ2v) is 4.68. The van der Waals surface area contributed by atoms with Gasteiger partial charge in [0.25, 0.3) is 0 Å². The molecule has 0 aliphatic carbocycles. The number of pyridine rings is 1. The molecule has 96 valence electrons. The lowest BCUT2D eigenvalue weighted by molar-refractivity contribution is -0.134. The fourth-order valence-electron chi connectivity index (χ4n) is 1.36. The molecule has 18 heavy (non-hydrogen) atoms. The molecule has 0 aromatic carbocycles. The molecule has 0 aliphatic rings. The first-order chi connectivity index (χ1) is 8.47. The van der Waals surface area contributed by atoms with Gasteiger partial charge in [-0.1, -0.05) is 17.4 Å². The first-order valence-corrected chi connectivity index (χ1v) is 5.99. The third-order valence-electron chi connectivity index (χ3n) is 2.26. The smallest absolute Gasteiger partial charge is 0.353 e. The fourth-order valence-corrected chi connectivity index (χ4v) is 2.13. The Kier molecular flexibility index (Phi) is 3.51. The molecule has 0 amide bonds. The van der Waals surface area contributed by atoms with Gasteiger partial charge in [0.2, 0.25) is 0 Å². The van der Waals surface area contributed by atoms with Crippen LogP contribution in [-0.2, 0) is 6.18 Å². The van der Waals surface area contributed by atoms with E-state index in [1.54, 1.807) is 18.3 Å². The molecular weight excluding hydrogens is 263 g/mol. The molecule has 1 atom stereocenters. The van der Waals surface area contributed by atoms with Gasteiger partial charge in [0.05, 0.1) is 17.9 Å². The van der Waals surface area contributed by atoms with E-state index in [-0.39, 0.29) is 11.2 Å². The molecule has 2 heterocycles. The monoisotopic (exact) mass is 273 g/mol.